The van der Waals surface area contributed by atoms with Gasteiger partial charge in [0.1, 0.15) is 0 Å². The van der Waals surface area contributed by atoms with E-state index in [9.17, 15) is 4.79 Å². The molecule has 3 heteroatoms. The number of carbonyl (C=O) groups excluding carboxylic acids is 1. The van der Waals surface area contributed by atoms with E-state index in [0.29, 0.717) is 5.69 Å². The van der Waals surface area contributed by atoms with E-state index in [0.717, 1.165) is 10.0 Å². The summed E-state index contributed by atoms with van der Waals surface area (Å²) >= 11 is 3.40. The molecule has 0 aliphatic heterocycles. The molecule has 0 N–H and O–H groups in total. The third-order valence-electron chi connectivity index (χ3n) is 2.47. The zero-order chi connectivity index (χ0) is 12.3. The monoisotopic (exact) mass is 289 g/mol. The van der Waals surface area contributed by atoms with Gasteiger partial charge in [-0.25, -0.2) is 0 Å². The van der Waals surface area contributed by atoms with Crippen molar-refractivity contribution in [2.45, 2.75) is 0 Å². The number of rotatable bonds is 3. The average Bonchev–Trinajstić information content (AvgIpc) is 2.72. The first kappa shape index (κ1) is 11.9. The van der Waals surface area contributed by atoms with Crippen molar-refractivity contribution in [3.63, 3.8) is 0 Å². The van der Waals surface area contributed by atoms with Gasteiger partial charge in [0.15, 0.2) is 0 Å². The molecule has 0 bridgehead atoms. The minimum atomic E-state index is 0.0116. The molecule has 0 aliphatic rings. The molecule has 0 saturated carbocycles. The number of aromatic nitrogens is 1. The Labute approximate surface area is 109 Å². The summed E-state index contributed by atoms with van der Waals surface area (Å²) in [6, 6.07) is 11.5. The predicted molar refractivity (Wildman–Crippen MR) is 72.9 cm³/mol. The molecule has 2 rings (SSSR count). The Morgan fingerprint density at radius 1 is 1.29 bits per heavy atom. The van der Waals surface area contributed by atoms with Gasteiger partial charge in [0.05, 0.1) is 5.69 Å². The Kier molecular flexibility index (Phi) is 3.59. The number of hydrogen-bond acceptors (Lipinski definition) is 1. The van der Waals surface area contributed by atoms with Crippen LogP contribution in [0.3, 0.4) is 0 Å². The third kappa shape index (κ3) is 2.94. The van der Waals surface area contributed by atoms with Gasteiger partial charge in [-0.3, -0.25) is 4.79 Å². The Hall–Kier alpha value is -1.61. The lowest BCUT2D eigenvalue weighted by molar-refractivity contribution is 0.104. The van der Waals surface area contributed by atoms with Gasteiger partial charge >= 0.3 is 0 Å². The van der Waals surface area contributed by atoms with Crippen LogP contribution < -0.4 is 0 Å². The Morgan fingerprint density at radius 3 is 2.76 bits per heavy atom. The van der Waals surface area contributed by atoms with E-state index in [1.165, 1.54) is 0 Å². The van der Waals surface area contributed by atoms with Crippen LogP contribution in [-0.4, -0.2) is 10.4 Å². The molecule has 86 valence electrons. The largest absolute Gasteiger partial charge is 0.348 e. The van der Waals surface area contributed by atoms with Gasteiger partial charge in [-0.2, -0.15) is 0 Å². The maximum Gasteiger partial charge on any atom is 0.202 e. The SMILES string of the molecule is Cn1cccc1C(=O)/C=C/c1cccc(Br)c1. The van der Waals surface area contributed by atoms with E-state index in [-0.39, 0.29) is 5.78 Å². The molecule has 0 aliphatic carbocycles. The van der Waals surface area contributed by atoms with Crippen LogP contribution in [0.25, 0.3) is 6.08 Å². The fraction of sp³-hybridized carbons (Fsp3) is 0.0714. The summed E-state index contributed by atoms with van der Waals surface area (Å²) in [5.41, 5.74) is 1.69. The van der Waals surface area contributed by atoms with Gasteiger partial charge in [-0.15, -0.1) is 0 Å². The van der Waals surface area contributed by atoms with Crippen LogP contribution >= 0.6 is 15.9 Å². The molecule has 1 aromatic carbocycles. The molecule has 1 aromatic heterocycles. The van der Waals surface area contributed by atoms with Gasteiger partial charge in [-0.1, -0.05) is 34.1 Å². The molecule has 0 amide bonds. The van der Waals surface area contributed by atoms with E-state index >= 15 is 0 Å². The summed E-state index contributed by atoms with van der Waals surface area (Å²) in [5.74, 6) is 0.0116. The fourth-order valence-corrected chi connectivity index (χ4v) is 2.00. The molecule has 17 heavy (non-hydrogen) atoms. The predicted octanol–water partition coefficient (Wildman–Crippen LogP) is 3.68. The second-order valence-electron chi connectivity index (χ2n) is 3.76. The average molecular weight is 290 g/mol. The quantitative estimate of drug-likeness (QED) is 0.624. The number of benzene rings is 1. The number of ketones is 1. The molecule has 0 unspecified atom stereocenters. The molecule has 0 atom stereocenters. The number of halogens is 1. The van der Waals surface area contributed by atoms with E-state index in [2.05, 4.69) is 15.9 Å². The van der Waals surface area contributed by atoms with Crippen molar-refractivity contribution in [2.75, 3.05) is 0 Å². The Bertz CT molecular complexity index is 569. The second-order valence-corrected chi connectivity index (χ2v) is 4.67. The molecule has 2 nitrogen and oxygen atoms in total. The summed E-state index contributed by atoms with van der Waals surface area (Å²) in [4.78, 5) is 11.9. The highest BCUT2D eigenvalue weighted by Gasteiger charge is 2.04. The molecule has 0 saturated heterocycles. The van der Waals surface area contributed by atoms with Crippen molar-refractivity contribution in [1.82, 2.24) is 4.57 Å². The van der Waals surface area contributed by atoms with Gasteiger partial charge in [0.25, 0.3) is 0 Å². The first-order valence-electron chi connectivity index (χ1n) is 5.26. The summed E-state index contributed by atoms with van der Waals surface area (Å²) < 4.78 is 2.82. The second kappa shape index (κ2) is 5.15. The van der Waals surface area contributed by atoms with Crippen LogP contribution in [0, 0.1) is 0 Å². The van der Waals surface area contributed by atoms with E-state index in [4.69, 9.17) is 0 Å². The number of nitrogens with zero attached hydrogens (tertiary/aromatic N) is 1. The lowest BCUT2D eigenvalue weighted by atomic mass is 10.2. The maximum absolute atomic E-state index is 11.9. The molecule has 0 radical (unpaired) electrons. The number of allylic oxidation sites excluding steroid dienone is 1. The van der Waals surface area contributed by atoms with Crippen LogP contribution in [0.2, 0.25) is 0 Å². The van der Waals surface area contributed by atoms with Crippen molar-refractivity contribution in [3.8, 4) is 0 Å². The van der Waals surface area contributed by atoms with Gasteiger partial charge in [0.2, 0.25) is 5.78 Å². The summed E-state index contributed by atoms with van der Waals surface area (Å²) in [6.07, 6.45) is 5.28. The van der Waals surface area contributed by atoms with Crippen LogP contribution in [0.5, 0.6) is 0 Å². The molecule has 1 heterocycles. The fourth-order valence-electron chi connectivity index (χ4n) is 1.58. The summed E-state index contributed by atoms with van der Waals surface area (Å²) in [6.45, 7) is 0. The van der Waals surface area contributed by atoms with Crippen molar-refractivity contribution >= 4 is 27.8 Å². The van der Waals surface area contributed by atoms with E-state index in [1.54, 1.807) is 6.08 Å². The molecule has 0 spiro atoms. The van der Waals surface area contributed by atoms with Crippen molar-refractivity contribution in [3.05, 3.63) is 64.4 Å². The van der Waals surface area contributed by atoms with Gasteiger partial charge < -0.3 is 4.57 Å². The van der Waals surface area contributed by atoms with Crippen molar-refractivity contribution < 1.29 is 4.79 Å². The van der Waals surface area contributed by atoms with Gasteiger partial charge in [0, 0.05) is 17.7 Å². The first-order chi connectivity index (χ1) is 8.16. The first-order valence-corrected chi connectivity index (χ1v) is 6.05. The summed E-state index contributed by atoms with van der Waals surface area (Å²) in [7, 11) is 1.86. The Balaban J connectivity index is 2.17. The van der Waals surface area contributed by atoms with Crippen LogP contribution in [0.15, 0.2) is 53.1 Å². The maximum atomic E-state index is 11.9. The standard InChI is InChI=1S/C14H12BrNO/c1-16-9-3-6-13(16)14(17)8-7-11-4-2-5-12(15)10-11/h2-10H,1H3/b8-7+. The third-order valence-corrected chi connectivity index (χ3v) is 2.97. The van der Waals surface area contributed by atoms with Crippen molar-refractivity contribution in [1.29, 1.82) is 0 Å². The normalized spacial score (nSPS) is 10.9. The minimum absolute atomic E-state index is 0.0116. The van der Waals surface area contributed by atoms with Crippen LogP contribution in [0.4, 0.5) is 0 Å². The number of carbonyl (C=O) groups is 1. The zero-order valence-corrected chi connectivity index (χ0v) is 11.0. The molecule has 2 aromatic rings. The smallest absolute Gasteiger partial charge is 0.202 e. The van der Waals surface area contributed by atoms with E-state index < -0.39 is 0 Å². The Morgan fingerprint density at radius 2 is 2.12 bits per heavy atom. The number of hydrogen-bond donors (Lipinski definition) is 0. The topological polar surface area (TPSA) is 22.0 Å². The number of aryl methyl sites for hydroxylation is 1. The zero-order valence-electron chi connectivity index (χ0n) is 9.43. The van der Waals surface area contributed by atoms with Gasteiger partial charge in [-0.05, 0) is 35.9 Å². The highest BCUT2D eigenvalue weighted by atomic mass is 79.9. The lowest BCUT2D eigenvalue weighted by Gasteiger charge is -1.98. The highest BCUT2D eigenvalue weighted by molar-refractivity contribution is 9.10. The molecular weight excluding hydrogens is 278 g/mol. The molecular formula is C14H12BrNO. The highest BCUT2D eigenvalue weighted by Crippen LogP contribution is 2.13. The van der Waals surface area contributed by atoms with Crippen LogP contribution in [0.1, 0.15) is 16.1 Å². The van der Waals surface area contributed by atoms with Crippen molar-refractivity contribution in [2.24, 2.45) is 7.05 Å². The summed E-state index contributed by atoms with van der Waals surface area (Å²) in [5, 5.41) is 0. The lowest BCUT2D eigenvalue weighted by Crippen LogP contribution is -2.01. The van der Waals surface area contributed by atoms with E-state index in [1.807, 2.05) is 60.3 Å². The molecule has 0 fully saturated rings. The minimum Gasteiger partial charge on any atom is -0.348 e. The van der Waals surface area contributed by atoms with Crippen LogP contribution in [-0.2, 0) is 7.05 Å².